The van der Waals surface area contributed by atoms with Gasteiger partial charge in [0.05, 0.1) is 0 Å². The Hall–Kier alpha value is -0.830. The van der Waals surface area contributed by atoms with Crippen LogP contribution in [-0.4, -0.2) is 22.4 Å². The predicted octanol–water partition coefficient (Wildman–Crippen LogP) is 2.13. The van der Waals surface area contributed by atoms with Crippen LogP contribution in [0.2, 0.25) is 0 Å². The summed E-state index contributed by atoms with van der Waals surface area (Å²) in [5, 5.41) is 7.85. The molecule has 1 atom stereocenters. The van der Waals surface area contributed by atoms with Gasteiger partial charge in [-0.3, -0.25) is 4.68 Å². The van der Waals surface area contributed by atoms with Gasteiger partial charge in [-0.25, -0.2) is 0 Å². The van der Waals surface area contributed by atoms with Crippen LogP contribution in [0.25, 0.3) is 0 Å². The van der Waals surface area contributed by atoms with Gasteiger partial charge in [-0.1, -0.05) is 13.8 Å². The SMILES string of the molecule is CCNC(CCc1ccnn1C)C1(C)CC1. The second kappa shape index (κ2) is 4.58. The van der Waals surface area contributed by atoms with Crippen LogP contribution >= 0.6 is 0 Å². The van der Waals surface area contributed by atoms with Crippen LogP contribution in [0.15, 0.2) is 12.3 Å². The minimum absolute atomic E-state index is 0.564. The topological polar surface area (TPSA) is 29.9 Å². The van der Waals surface area contributed by atoms with Crippen LogP contribution in [0.3, 0.4) is 0 Å². The molecule has 0 saturated heterocycles. The quantitative estimate of drug-likeness (QED) is 0.797. The third kappa shape index (κ3) is 2.46. The number of nitrogens with zero attached hydrogens (tertiary/aromatic N) is 2. The maximum absolute atomic E-state index is 4.21. The van der Waals surface area contributed by atoms with Gasteiger partial charge in [0, 0.05) is 25.0 Å². The molecular weight excluding hydrogens is 198 g/mol. The lowest BCUT2D eigenvalue weighted by atomic mass is 9.94. The van der Waals surface area contributed by atoms with Gasteiger partial charge in [0.1, 0.15) is 0 Å². The van der Waals surface area contributed by atoms with Crippen molar-refractivity contribution in [3.05, 3.63) is 18.0 Å². The lowest BCUT2D eigenvalue weighted by Gasteiger charge is -2.24. The molecule has 1 heterocycles. The molecule has 0 bridgehead atoms. The van der Waals surface area contributed by atoms with E-state index in [0.29, 0.717) is 11.5 Å². The lowest BCUT2D eigenvalue weighted by molar-refractivity contribution is 0.341. The van der Waals surface area contributed by atoms with Crippen LogP contribution in [0.5, 0.6) is 0 Å². The molecule has 2 rings (SSSR count). The molecule has 16 heavy (non-hydrogen) atoms. The molecule has 0 spiro atoms. The molecular formula is C13H23N3. The van der Waals surface area contributed by atoms with Gasteiger partial charge in [0.2, 0.25) is 0 Å². The number of aryl methyl sites for hydroxylation is 2. The highest BCUT2D eigenvalue weighted by Crippen LogP contribution is 2.49. The molecule has 1 saturated carbocycles. The smallest absolute Gasteiger partial charge is 0.0492 e. The van der Waals surface area contributed by atoms with Gasteiger partial charge in [0.15, 0.2) is 0 Å². The van der Waals surface area contributed by atoms with Crippen LogP contribution in [0.4, 0.5) is 0 Å². The van der Waals surface area contributed by atoms with Crippen molar-refractivity contribution in [2.45, 2.75) is 45.6 Å². The molecule has 1 aliphatic carbocycles. The average Bonchev–Trinajstić information content (AvgIpc) is 2.87. The normalized spacial score (nSPS) is 19.7. The summed E-state index contributed by atoms with van der Waals surface area (Å²) < 4.78 is 1.98. The van der Waals surface area contributed by atoms with Crippen LogP contribution in [0, 0.1) is 5.41 Å². The summed E-state index contributed by atoms with van der Waals surface area (Å²) in [5.41, 5.74) is 1.90. The third-order valence-electron chi connectivity index (χ3n) is 3.94. The number of nitrogens with one attached hydrogen (secondary N) is 1. The minimum Gasteiger partial charge on any atom is -0.314 e. The van der Waals surface area contributed by atoms with E-state index in [1.807, 2.05) is 17.9 Å². The maximum Gasteiger partial charge on any atom is 0.0492 e. The number of aromatic nitrogens is 2. The lowest BCUT2D eigenvalue weighted by Crippen LogP contribution is -2.36. The van der Waals surface area contributed by atoms with Crippen molar-refractivity contribution in [1.29, 1.82) is 0 Å². The molecule has 1 aliphatic rings. The maximum atomic E-state index is 4.21. The highest BCUT2D eigenvalue weighted by atomic mass is 15.2. The summed E-state index contributed by atoms with van der Waals surface area (Å²) in [7, 11) is 2.02. The summed E-state index contributed by atoms with van der Waals surface area (Å²) in [6.07, 6.45) is 7.01. The van der Waals surface area contributed by atoms with Crippen molar-refractivity contribution >= 4 is 0 Å². The van der Waals surface area contributed by atoms with Crippen molar-refractivity contribution in [2.75, 3.05) is 6.54 Å². The summed E-state index contributed by atoms with van der Waals surface area (Å²) in [5.74, 6) is 0. The second-order valence-corrected chi connectivity index (χ2v) is 5.25. The fourth-order valence-corrected chi connectivity index (χ4v) is 2.43. The second-order valence-electron chi connectivity index (χ2n) is 5.25. The molecule has 3 nitrogen and oxygen atoms in total. The van der Waals surface area contributed by atoms with Crippen molar-refractivity contribution in [3.8, 4) is 0 Å². The van der Waals surface area contributed by atoms with Crippen LogP contribution in [0.1, 0.15) is 38.8 Å². The molecule has 3 heteroatoms. The van der Waals surface area contributed by atoms with E-state index < -0.39 is 0 Å². The first-order valence-corrected chi connectivity index (χ1v) is 6.36. The van der Waals surface area contributed by atoms with Crippen LogP contribution < -0.4 is 5.32 Å². The number of hydrogen-bond donors (Lipinski definition) is 1. The van der Waals surface area contributed by atoms with E-state index in [1.165, 1.54) is 25.0 Å². The molecule has 90 valence electrons. The Morgan fingerprint density at radius 3 is 2.81 bits per heavy atom. The Morgan fingerprint density at radius 2 is 2.31 bits per heavy atom. The highest BCUT2D eigenvalue weighted by Gasteiger charge is 2.43. The van der Waals surface area contributed by atoms with E-state index in [9.17, 15) is 0 Å². The third-order valence-corrected chi connectivity index (χ3v) is 3.94. The number of rotatable bonds is 6. The first-order valence-electron chi connectivity index (χ1n) is 6.36. The molecule has 1 N–H and O–H groups in total. The molecule has 1 aromatic rings. The van der Waals surface area contributed by atoms with Gasteiger partial charge in [0.25, 0.3) is 0 Å². The molecule has 1 unspecified atom stereocenters. The highest BCUT2D eigenvalue weighted by molar-refractivity contribution is 5.04. The molecule has 0 aromatic carbocycles. The zero-order valence-corrected chi connectivity index (χ0v) is 10.7. The van der Waals surface area contributed by atoms with Gasteiger partial charge in [-0.15, -0.1) is 0 Å². The molecule has 0 radical (unpaired) electrons. The minimum atomic E-state index is 0.564. The standard InChI is InChI=1S/C13H23N3/c1-4-14-12(13(2)8-9-13)6-5-11-7-10-15-16(11)3/h7,10,12,14H,4-6,8-9H2,1-3H3. The van der Waals surface area contributed by atoms with Crippen molar-refractivity contribution in [2.24, 2.45) is 12.5 Å². The Kier molecular flexibility index (Phi) is 3.33. The van der Waals surface area contributed by atoms with Gasteiger partial charge < -0.3 is 5.32 Å². The monoisotopic (exact) mass is 221 g/mol. The van der Waals surface area contributed by atoms with E-state index in [0.717, 1.165) is 13.0 Å². The van der Waals surface area contributed by atoms with Crippen molar-refractivity contribution in [3.63, 3.8) is 0 Å². The van der Waals surface area contributed by atoms with Gasteiger partial charge in [-0.05, 0) is 43.7 Å². The molecule has 0 aliphatic heterocycles. The molecule has 1 aromatic heterocycles. The Morgan fingerprint density at radius 1 is 1.56 bits per heavy atom. The van der Waals surface area contributed by atoms with Crippen LogP contribution in [-0.2, 0) is 13.5 Å². The summed E-state index contributed by atoms with van der Waals surface area (Å²) in [6, 6.07) is 2.80. The van der Waals surface area contributed by atoms with E-state index in [-0.39, 0.29) is 0 Å². The first kappa shape index (κ1) is 11.6. The Labute approximate surface area is 98.2 Å². The predicted molar refractivity (Wildman–Crippen MR) is 66.3 cm³/mol. The largest absolute Gasteiger partial charge is 0.314 e. The average molecular weight is 221 g/mol. The zero-order chi connectivity index (χ0) is 11.6. The number of hydrogen-bond acceptors (Lipinski definition) is 2. The summed E-state index contributed by atoms with van der Waals surface area (Å²) in [6.45, 7) is 5.68. The molecule has 0 amide bonds. The summed E-state index contributed by atoms with van der Waals surface area (Å²) in [4.78, 5) is 0. The van der Waals surface area contributed by atoms with E-state index in [4.69, 9.17) is 0 Å². The van der Waals surface area contributed by atoms with Gasteiger partial charge >= 0.3 is 0 Å². The first-order chi connectivity index (χ1) is 7.65. The Bertz CT molecular complexity index is 339. The van der Waals surface area contributed by atoms with E-state index in [2.05, 4.69) is 30.3 Å². The van der Waals surface area contributed by atoms with E-state index in [1.54, 1.807) is 0 Å². The Balaban J connectivity index is 1.89. The fraction of sp³-hybridized carbons (Fsp3) is 0.769. The van der Waals surface area contributed by atoms with Gasteiger partial charge in [-0.2, -0.15) is 5.10 Å². The zero-order valence-electron chi connectivity index (χ0n) is 10.7. The fourth-order valence-electron chi connectivity index (χ4n) is 2.43. The molecule has 1 fully saturated rings. The van der Waals surface area contributed by atoms with E-state index >= 15 is 0 Å². The summed E-state index contributed by atoms with van der Waals surface area (Å²) >= 11 is 0. The van der Waals surface area contributed by atoms with Crippen molar-refractivity contribution < 1.29 is 0 Å². The van der Waals surface area contributed by atoms with Crippen molar-refractivity contribution in [1.82, 2.24) is 15.1 Å².